The number of ether oxygens (including phenoxy) is 1. The first-order valence-electron chi connectivity index (χ1n) is 6.03. The van der Waals surface area contributed by atoms with E-state index in [1.165, 1.54) is 12.1 Å². The van der Waals surface area contributed by atoms with Gasteiger partial charge in [0.05, 0.1) is 22.2 Å². The first-order chi connectivity index (χ1) is 8.90. The van der Waals surface area contributed by atoms with Crippen molar-refractivity contribution in [3.63, 3.8) is 0 Å². The van der Waals surface area contributed by atoms with Gasteiger partial charge in [-0.05, 0) is 37.0 Å². The van der Waals surface area contributed by atoms with Crippen molar-refractivity contribution in [1.82, 2.24) is 4.72 Å². The maximum absolute atomic E-state index is 12.2. The lowest BCUT2D eigenvalue weighted by atomic mass is 10.1. The molecule has 1 aromatic rings. The summed E-state index contributed by atoms with van der Waals surface area (Å²) < 4.78 is 32.1. The average Bonchev–Trinajstić information content (AvgIpc) is 2.86. The summed E-state index contributed by atoms with van der Waals surface area (Å²) in [5.74, 6) is 0.237. The van der Waals surface area contributed by atoms with Crippen LogP contribution >= 0.6 is 11.6 Å². The van der Waals surface area contributed by atoms with Gasteiger partial charge in [-0.2, -0.15) is 0 Å². The molecule has 0 bridgehead atoms. The minimum atomic E-state index is -3.55. The van der Waals surface area contributed by atoms with Gasteiger partial charge in [0, 0.05) is 13.2 Å². The molecule has 5 nitrogen and oxygen atoms in total. The highest BCUT2D eigenvalue weighted by Gasteiger charge is 2.21. The van der Waals surface area contributed by atoms with E-state index in [1.807, 2.05) is 0 Å². The Morgan fingerprint density at radius 1 is 1.53 bits per heavy atom. The lowest BCUT2D eigenvalue weighted by molar-refractivity contribution is 0.186. The molecule has 1 saturated heterocycles. The van der Waals surface area contributed by atoms with E-state index >= 15 is 0 Å². The Kier molecular flexibility index (Phi) is 4.35. The van der Waals surface area contributed by atoms with Crippen LogP contribution in [-0.4, -0.2) is 28.2 Å². The largest absolute Gasteiger partial charge is 0.397 e. The van der Waals surface area contributed by atoms with E-state index in [1.54, 1.807) is 6.92 Å². The van der Waals surface area contributed by atoms with E-state index in [0.717, 1.165) is 6.42 Å². The van der Waals surface area contributed by atoms with E-state index in [4.69, 9.17) is 22.1 Å². The second kappa shape index (κ2) is 5.66. The number of rotatable bonds is 4. The Morgan fingerprint density at radius 3 is 2.84 bits per heavy atom. The van der Waals surface area contributed by atoms with Crippen molar-refractivity contribution >= 4 is 27.3 Å². The fourth-order valence-corrected chi connectivity index (χ4v) is 3.32. The van der Waals surface area contributed by atoms with Gasteiger partial charge in [-0.15, -0.1) is 0 Å². The second-order valence-electron chi connectivity index (χ2n) is 4.72. The van der Waals surface area contributed by atoms with Gasteiger partial charge >= 0.3 is 0 Å². The minimum Gasteiger partial charge on any atom is -0.397 e. The van der Waals surface area contributed by atoms with Crippen LogP contribution in [0, 0.1) is 12.8 Å². The molecule has 0 spiro atoms. The molecule has 0 aromatic heterocycles. The van der Waals surface area contributed by atoms with Gasteiger partial charge in [0.1, 0.15) is 0 Å². The predicted octanol–water partition coefficient (Wildman–Crippen LogP) is 1.55. The number of sulfonamides is 1. The first-order valence-corrected chi connectivity index (χ1v) is 7.89. The molecule has 0 radical (unpaired) electrons. The Labute approximate surface area is 118 Å². The van der Waals surface area contributed by atoms with Crippen molar-refractivity contribution in [3.05, 3.63) is 22.7 Å². The molecule has 19 heavy (non-hydrogen) atoms. The van der Waals surface area contributed by atoms with E-state index in [2.05, 4.69) is 4.72 Å². The van der Waals surface area contributed by atoms with Crippen LogP contribution in [0.1, 0.15) is 12.0 Å². The molecule has 1 aliphatic rings. The third kappa shape index (κ3) is 3.39. The number of anilines is 1. The van der Waals surface area contributed by atoms with Crippen molar-refractivity contribution in [3.8, 4) is 0 Å². The van der Waals surface area contributed by atoms with Gasteiger partial charge in [-0.1, -0.05) is 11.6 Å². The molecular formula is C12H17ClN2O3S. The summed E-state index contributed by atoms with van der Waals surface area (Å²) in [6, 6.07) is 2.90. The molecule has 1 unspecified atom stereocenters. The van der Waals surface area contributed by atoms with Crippen molar-refractivity contribution < 1.29 is 13.2 Å². The lowest BCUT2D eigenvalue weighted by Crippen LogP contribution is -2.29. The molecule has 1 heterocycles. The quantitative estimate of drug-likeness (QED) is 0.827. The minimum absolute atomic E-state index is 0.144. The van der Waals surface area contributed by atoms with Crippen LogP contribution < -0.4 is 10.5 Å². The number of nitrogen functional groups attached to an aromatic ring is 1. The van der Waals surface area contributed by atoms with Crippen molar-refractivity contribution in [2.75, 3.05) is 25.5 Å². The highest BCUT2D eigenvalue weighted by molar-refractivity contribution is 7.89. The van der Waals surface area contributed by atoms with Crippen molar-refractivity contribution in [1.29, 1.82) is 0 Å². The third-order valence-corrected chi connectivity index (χ3v) is 5.07. The van der Waals surface area contributed by atoms with Crippen LogP contribution in [0.25, 0.3) is 0 Å². The summed E-state index contributed by atoms with van der Waals surface area (Å²) >= 11 is 5.92. The second-order valence-corrected chi connectivity index (χ2v) is 6.87. The summed E-state index contributed by atoms with van der Waals surface area (Å²) in [5.41, 5.74) is 6.61. The highest BCUT2D eigenvalue weighted by atomic mass is 35.5. The van der Waals surface area contributed by atoms with Gasteiger partial charge in [0.25, 0.3) is 0 Å². The van der Waals surface area contributed by atoms with Crippen LogP contribution in [0.5, 0.6) is 0 Å². The van der Waals surface area contributed by atoms with E-state index in [0.29, 0.717) is 30.3 Å². The number of halogens is 1. The Morgan fingerprint density at radius 2 is 2.26 bits per heavy atom. The van der Waals surface area contributed by atoms with Gasteiger partial charge in [0.2, 0.25) is 10.0 Å². The SMILES string of the molecule is Cc1cc(S(=O)(=O)NCC2CCOC2)cc(N)c1Cl. The lowest BCUT2D eigenvalue weighted by Gasteiger charge is -2.12. The highest BCUT2D eigenvalue weighted by Crippen LogP contribution is 2.26. The number of nitrogens with two attached hydrogens (primary N) is 1. The smallest absolute Gasteiger partial charge is 0.240 e. The van der Waals surface area contributed by atoms with E-state index in [9.17, 15) is 8.42 Å². The van der Waals surface area contributed by atoms with Gasteiger partial charge in [-0.25, -0.2) is 13.1 Å². The van der Waals surface area contributed by atoms with Gasteiger partial charge in [0.15, 0.2) is 0 Å². The summed E-state index contributed by atoms with van der Waals surface area (Å²) in [5, 5.41) is 0.392. The van der Waals surface area contributed by atoms with Crippen molar-refractivity contribution in [2.24, 2.45) is 5.92 Å². The number of hydrogen-bond donors (Lipinski definition) is 2. The van der Waals surface area contributed by atoms with Gasteiger partial charge in [-0.3, -0.25) is 0 Å². The van der Waals surface area contributed by atoms with E-state index in [-0.39, 0.29) is 16.5 Å². The molecule has 0 saturated carbocycles. The van der Waals surface area contributed by atoms with Crippen LogP contribution in [0.4, 0.5) is 5.69 Å². The molecule has 2 rings (SSSR count). The summed E-state index contributed by atoms with van der Waals surface area (Å²) in [6.45, 7) is 3.40. The molecular weight excluding hydrogens is 288 g/mol. The zero-order valence-electron chi connectivity index (χ0n) is 10.6. The normalized spacial score (nSPS) is 19.8. The summed E-state index contributed by atoms with van der Waals surface area (Å²) in [7, 11) is -3.55. The fourth-order valence-electron chi connectivity index (χ4n) is 1.97. The number of aryl methyl sites for hydroxylation is 1. The Hall–Kier alpha value is -0.820. The van der Waals surface area contributed by atoms with Crippen molar-refractivity contribution in [2.45, 2.75) is 18.2 Å². The fraction of sp³-hybridized carbons (Fsp3) is 0.500. The molecule has 106 valence electrons. The van der Waals surface area contributed by atoms with E-state index < -0.39 is 10.0 Å². The zero-order valence-corrected chi connectivity index (χ0v) is 12.2. The Bertz CT molecular complexity index is 545. The molecule has 0 amide bonds. The number of benzene rings is 1. The predicted molar refractivity (Wildman–Crippen MR) is 74.7 cm³/mol. The van der Waals surface area contributed by atoms with Gasteiger partial charge < -0.3 is 10.5 Å². The maximum atomic E-state index is 12.2. The molecule has 1 aliphatic heterocycles. The molecule has 1 aromatic carbocycles. The molecule has 1 fully saturated rings. The molecule has 0 aliphatic carbocycles. The third-order valence-electron chi connectivity index (χ3n) is 3.15. The summed E-state index contributed by atoms with van der Waals surface area (Å²) in [6.07, 6.45) is 0.879. The van der Waals surface area contributed by atoms with Crippen LogP contribution in [-0.2, 0) is 14.8 Å². The topological polar surface area (TPSA) is 81.4 Å². The van der Waals surface area contributed by atoms with Crippen LogP contribution in [0.3, 0.4) is 0 Å². The molecule has 3 N–H and O–H groups in total. The maximum Gasteiger partial charge on any atom is 0.240 e. The zero-order chi connectivity index (χ0) is 14.0. The monoisotopic (exact) mass is 304 g/mol. The average molecular weight is 305 g/mol. The number of hydrogen-bond acceptors (Lipinski definition) is 4. The number of nitrogens with one attached hydrogen (secondary N) is 1. The Balaban J connectivity index is 2.14. The first kappa shape index (κ1) is 14.6. The summed E-state index contributed by atoms with van der Waals surface area (Å²) in [4.78, 5) is 0.144. The van der Waals surface area contributed by atoms with Crippen LogP contribution in [0.15, 0.2) is 17.0 Å². The standard InChI is InChI=1S/C12H17ClN2O3S/c1-8-4-10(5-11(14)12(8)13)19(16,17)15-6-9-2-3-18-7-9/h4-5,9,15H,2-3,6-7,14H2,1H3. The molecule has 1 atom stereocenters. The van der Waals surface area contributed by atoms with Crippen LogP contribution in [0.2, 0.25) is 5.02 Å². The molecule has 7 heteroatoms.